The number of H-pyrrole nitrogens is 1. The van der Waals surface area contributed by atoms with Crippen molar-refractivity contribution in [3.05, 3.63) is 33.9 Å². The molecule has 0 aliphatic heterocycles. The Kier molecular flexibility index (Phi) is 4.78. The average Bonchev–Trinajstić information content (AvgIpc) is 3.17. The molecule has 0 bridgehead atoms. The number of hydrogen-bond donors (Lipinski definition) is 2. The second-order valence-electron chi connectivity index (χ2n) is 6.36. The van der Waals surface area contributed by atoms with E-state index in [1.54, 1.807) is 6.07 Å². The third kappa shape index (κ3) is 3.55. The minimum Gasteiger partial charge on any atom is -0.310 e. The number of aromatic amines is 1. The summed E-state index contributed by atoms with van der Waals surface area (Å²) in [7, 11) is 0. The summed E-state index contributed by atoms with van der Waals surface area (Å²) in [6.07, 6.45) is 5.69. The zero-order chi connectivity index (χ0) is 17.1. The predicted octanol–water partition coefficient (Wildman–Crippen LogP) is 2.35. The van der Waals surface area contributed by atoms with Gasteiger partial charge >= 0.3 is 0 Å². The predicted molar refractivity (Wildman–Crippen MR) is 91.3 cm³/mol. The number of rotatable bonds is 5. The molecule has 7 heteroatoms. The Balaban J connectivity index is 1.91. The second kappa shape index (κ2) is 6.98. The van der Waals surface area contributed by atoms with Crippen LogP contribution in [0.2, 0.25) is 0 Å². The topological polar surface area (TPSA) is 92.7 Å². The molecular formula is C17H23N5O2. The van der Waals surface area contributed by atoms with Crippen molar-refractivity contribution in [1.82, 2.24) is 19.7 Å². The van der Waals surface area contributed by atoms with Crippen molar-refractivity contribution in [3.63, 3.8) is 0 Å². The molecule has 128 valence electrons. The van der Waals surface area contributed by atoms with Crippen LogP contribution >= 0.6 is 0 Å². The van der Waals surface area contributed by atoms with Gasteiger partial charge in [0.1, 0.15) is 5.82 Å². The molecule has 2 heterocycles. The van der Waals surface area contributed by atoms with Gasteiger partial charge in [-0.05, 0) is 26.2 Å². The fourth-order valence-corrected chi connectivity index (χ4v) is 3.14. The molecule has 1 amide bonds. The maximum Gasteiger partial charge on any atom is 0.252 e. The quantitative estimate of drug-likeness (QED) is 0.880. The van der Waals surface area contributed by atoms with Gasteiger partial charge in [0.05, 0.1) is 5.69 Å². The summed E-state index contributed by atoms with van der Waals surface area (Å²) in [5.41, 5.74) is 1.25. The highest BCUT2D eigenvalue weighted by Gasteiger charge is 2.24. The van der Waals surface area contributed by atoms with Gasteiger partial charge < -0.3 is 5.32 Å². The zero-order valence-corrected chi connectivity index (χ0v) is 14.1. The van der Waals surface area contributed by atoms with Gasteiger partial charge in [-0.3, -0.25) is 14.6 Å². The normalized spacial score (nSPS) is 14.9. The number of hydrogen-bond acceptors (Lipinski definition) is 4. The number of nitrogens with one attached hydrogen (secondary N) is 2. The third-order valence-electron chi connectivity index (χ3n) is 4.30. The van der Waals surface area contributed by atoms with E-state index in [2.05, 4.69) is 20.4 Å². The minimum atomic E-state index is -0.218. The van der Waals surface area contributed by atoms with E-state index in [-0.39, 0.29) is 17.4 Å². The van der Waals surface area contributed by atoms with Crippen molar-refractivity contribution < 1.29 is 4.79 Å². The molecule has 0 saturated heterocycles. The van der Waals surface area contributed by atoms with Crippen LogP contribution < -0.4 is 10.9 Å². The molecule has 1 saturated carbocycles. The van der Waals surface area contributed by atoms with Crippen LogP contribution in [0.1, 0.15) is 50.4 Å². The highest BCUT2D eigenvalue weighted by atomic mass is 16.2. The molecule has 1 aliphatic rings. The molecule has 0 spiro atoms. The van der Waals surface area contributed by atoms with Gasteiger partial charge in [0.15, 0.2) is 0 Å². The molecule has 3 rings (SSSR count). The number of carbonyl (C=O) groups excluding carboxylic acids is 1. The summed E-state index contributed by atoms with van der Waals surface area (Å²) in [5.74, 6) is 0.953. The molecule has 0 atom stereocenters. The van der Waals surface area contributed by atoms with Gasteiger partial charge in [-0.2, -0.15) is 9.78 Å². The van der Waals surface area contributed by atoms with Gasteiger partial charge in [-0.1, -0.05) is 26.2 Å². The number of amides is 1. The number of anilines is 1. The summed E-state index contributed by atoms with van der Waals surface area (Å²) in [5, 5.41) is 7.31. The van der Waals surface area contributed by atoms with Crippen LogP contribution in [0.4, 0.5) is 5.82 Å². The molecule has 2 aromatic heterocycles. The van der Waals surface area contributed by atoms with E-state index in [1.165, 1.54) is 10.7 Å². The highest BCUT2D eigenvalue weighted by Crippen LogP contribution is 2.26. The summed E-state index contributed by atoms with van der Waals surface area (Å²) in [6, 6.07) is 3.29. The smallest absolute Gasteiger partial charge is 0.252 e. The van der Waals surface area contributed by atoms with Crippen molar-refractivity contribution in [1.29, 1.82) is 0 Å². The molecule has 2 aromatic rings. The molecular weight excluding hydrogens is 306 g/mol. The Bertz CT molecular complexity index is 787. The Hall–Kier alpha value is -2.44. The van der Waals surface area contributed by atoms with Crippen molar-refractivity contribution in [3.8, 4) is 5.95 Å². The summed E-state index contributed by atoms with van der Waals surface area (Å²) in [6.45, 7) is 3.88. The van der Waals surface area contributed by atoms with Crippen LogP contribution in [0, 0.1) is 12.8 Å². The van der Waals surface area contributed by atoms with Gasteiger partial charge in [0.25, 0.3) is 5.56 Å². The lowest BCUT2D eigenvalue weighted by molar-refractivity contribution is -0.119. The van der Waals surface area contributed by atoms with Crippen LogP contribution in [-0.2, 0) is 11.2 Å². The minimum absolute atomic E-state index is 0.0145. The molecule has 2 N–H and O–H groups in total. The van der Waals surface area contributed by atoms with Crippen molar-refractivity contribution in [2.45, 2.75) is 52.4 Å². The van der Waals surface area contributed by atoms with Crippen LogP contribution in [0.3, 0.4) is 0 Å². The zero-order valence-electron chi connectivity index (χ0n) is 14.1. The van der Waals surface area contributed by atoms with Crippen LogP contribution in [-0.4, -0.2) is 25.7 Å². The lowest BCUT2D eigenvalue weighted by Gasteiger charge is -2.12. The van der Waals surface area contributed by atoms with Gasteiger partial charge in [0, 0.05) is 23.7 Å². The fourth-order valence-electron chi connectivity index (χ4n) is 3.14. The first-order valence-corrected chi connectivity index (χ1v) is 8.55. The van der Waals surface area contributed by atoms with E-state index in [0.717, 1.165) is 49.9 Å². The monoisotopic (exact) mass is 329 g/mol. The SMILES string of the molecule is CCCc1cc(=O)[nH]c(-n2nc(C)cc2NC(=O)C2CCCC2)n1. The molecule has 0 unspecified atom stereocenters. The number of carbonyl (C=O) groups is 1. The first-order valence-electron chi connectivity index (χ1n) is 8.55. The van der Waals surface area contributed by atoms with E-state index in [4.69, 9.17) is 0 Å². The average molecular weight is 329 g/mol. The summed E-state index contributed by atoms with van der Waals surface area (Å²) < 4.78 is 1.50. The molecule has 7 nitrogen and oxygen atoms in total. The standard InChI is InChI=1S/C17H23N5O2/c1-3-6-13-10-15(23)20-17(18-13)22-14(9-11(2)21-22)19-16(24)12-7-4-5-8-12/h9-10,12H,3-8H2,1-2H3,(H,19,24)(H,18,20,23). The Morgan fingerprint density at radius 1 is 1.38 bits per heavy atom. The second-order valence-corrected chi connectivity index (χ2v) is 6.36. The van der Waals surface area contributed by atoms with Crippen LogP contribution in [0.15, 0.2) is 16.9 Å². The van der Waals surface area contributed by atoms with Gasteiger partial charge in [0.2, 0.25) is 11.9 Å². The third-order valence-corrected chi connectivity index (χ3v) is 4.30. The lowest BCUT2D eigenvalue weighted by atomic mass is 10.1. The van der Waals surface area contributed by atoms with Crippen molar-refractivity contribution in [2.24, 2.45) is 5.92 Å². The molecule has 0 radical (unpaired) electrons. The van der Waals surface area contributed by atoms with E-state index < -0.39 is 0 Å². The summed E-state index contributed by atoms with van der Waals surface area (Å²) in [4.78, 5) is 31.5. The molecule has 24 heavy (non-hydrogen) atoms. The highest BCUT2D eigenvalue weighted by molar-refractivity contribution is 5.92. The van der Waals surface area contributed by atoms with Crippen LogP contribution in [0.5, 0.6) is 0 Å². The molecule has 0 aromatic carbocycles. The Labute approximate surface area is 140 Å². The van der Waals surface area contributed by atoms with E-state index >= 15 is 0 Å². The van der Waals surface area contributed by atoms with Crippen molar-refractivity contribution in [2.75, 3.05) is 5.32 Å². The maximum atomic E-state index is 12.4. The first kappa shape index (κ1) is 16.4. The lowest BCUT2D eigenvalue weighted by Crippen LogP contribution is -2.23. The van der Waals surface area contributed by atoms with E-state index in [1.807, 2.05) is 13.8 Å². The molecule has 1 fully saturated rings. The number of aryl methyl sites for hydroxylation is 2. The fraction of sp³-hybridized carbons (Fsp3) is 0.529. The Morgan fingerprint density at radius 3 is 2.83 bits per heavy atom. The Morgan fingerprint density at radius 2 is 2.12 bits per heavy atom. The van der Waals surface area contributed by atoms with Gasteiger partial charge in [-0.25, -0.2) is 4.98 Å². The molecule has 1 aliphatic carbocycles. The van der Waals surface area contributed by atoms with Crippen molar-refractivity contribution >= 4 is 11.7 Å². The van der Waals surface area contributed by atoms with E-state index in [9.17, 15) is 9.59 Å². The maximum absolute atomic E-state index is 12.4. The first-order chi connectivity index (χ1) is 11.6. The summed E-state index contributed by atoms with van der Waals surface area (Å²) >= 11 is 0. The largest absolute Gasteiger partial charge is 0.310 e. The van der Waals surface area contributed by atoms with Crippen LogP contribution in [0.25, 0.3) is 5.95 Å². The van der Waals surface area contributed by atoms with E-state index in [0.29, 0.717) is 11.8 Å². The number of nitrogens with zero attached hydrogens (tertiary/aromatic N) is 3. The number of aromatic nitrogens is 4. The van der Waals surface area contributed by atoms with Gasteiger partial charge in [-0.15, -0.1) is 0 Å².